The number of aliphatic carboxylic acids is 1. The fourth-order valence-electron chi connectivity index (χ4n) is 4.02. The summed E-state index contributed by atoms with van der Waals surface area (Å²) in [6, 6.07) is 1.98. The number of anilines is 1. The molecule has 2 aliphatic heterocycles. The molecule has 4 N–H and O–H groups in total. The van der Waals surface area contributed by atoms with Gasteiger partial charge in [0.05, 0.1) is 5.00 Å². The minimum atomic E-state index is -1.17. The predicted octanol–water partition coefficient (Wildman–Crippen LogP) is 1.62. The predicted molar refractivity (Wildman–Crippen MR) is 115 cm³/mol. The second kappa shape index (κ2) is 7.48. The van der Waals surface area contributed by atoms with Crippen molar-refractivity contribution < 1.29 is 19.5 Å². The Labute approximate surface area is 178 Å². The van der Waals surface area contributed by atoms with Crippen LogP contribution in [-0.4, -0.2) is 62.6 Å². The summed E-state index contributed by atoms with van der Waals surface area (Å²) in [5.74, 6) is -1.86. The van der Waals surface area contributed by atoms with Crippen LogP contribution in [0.3, 0.4) is 0 Å². The van der Waals surface area contributed by atoms with Crippen molar-refractivity contribution in [2.75, 3.05) is 18.0 Å². The topological polar surface area (TPSA) is 116 Å². The third-order valence-corrected chi connectivity index (χ3v) is 8.65. The molecule has 8 nitrogen and oxygen atoms in total. The molecule has 160 valence electrons. The van der Waals surface area contributed by atoms with Crippen molar-refractivity contribution in [1.29, 1.82) is 0 Å². The van der Waals surface area contributed by atoms with E-state index in [2.05, 4.69) is 24.1 Å². The van der Waals surface area contributed by atoms with Crippen molar-refractivity contribution in [1.82, 2.24) is 10.2 Å². The van der Waals surface area contributed by atoms with Crippen LogP contribution in [0.5, 0.6) is 0 Å². The Morgan fingerprint density at radius 3 is 2.48 bits per heavy atom. The molecule has 0 saturated carbocycles. The van der Waals surface area contributed by atoms with E-state index >= 15 is 0 Å². The summed E-state index contributed by atoms with van der Waals surface area (Å²) in [5, 5.41) is 13.0. The number of thioether (sulfide) groups is 1. The van der Waals surface area contributed by atoms with E-state index in [0.717, 1.165) is 23.0 Å². The number of carboxylic acid groups (broad SMARTS) is 1. The van der Waals surface area contributed by atoms with Gasteiger partial charge in [-0.2, -0.15) is 0 Å². The zero-order valence-corrected chi connectivity index (χ0v) is 18.9. The first-order valence-electron chi connectivity index (χ1n) is 9.63. The van der Waals surface area contributed by atoms with Crippen LogP contribution in [0.4, 0.5) is 5.00 Å². The standard InChI is InChI=1S/C19H28N4O4S2/c1-6-22(7-2)11-9-8-10(28-11)12(20)14(24)21-19(5)16(27)23-13(15(25)26)18(3,4)29-17(19)23/h8-9,12-13,17H,6-7,20H2,1-5H3,(H,21,24)(H,25,26)/t12?,13-,17+,19?/m0/s1. The second-order valence-corrected chi connectivity index (χ2v) is 10.9. The van der Waals surface area contributed by atoms with Gasteiger partial charge in [-0.3, -0.25) is 9.59 Å². The van der Waals surface area contributed by atoms with Crippen LogP contribution in [0.2, 0.25) is 0 Å². The first kappa shape index (κ1) is 21.9. The molecule has 2 aliphatic rings. The summed E-state index contributed by atoms with van der Waals surface area (Å²) in [4.78, 5) is 41.6. The molecule has 0 aromatic carbocycles. The van der Waals surface area contributed by atoms with Gasteiger partial charge < -0.3 is 26.0 Å². The fraction of sp³-hybridized carbons (Fsp3) is 0.632. The fourth-order valence-corrected chi connectivity index (χ4v) is 6.80. The number of rotatable bonds is 7. The van der Waals surface area contributed by atoms with Gasteiger partial charge in [0.2, 0.25) is 5.91 Å². The molecule has 0 bridgehead atoms. The summed E-state index contributed by atoms with van der Waals surface area (Å²) >= 11 is 2.86. The zero-order chi connectivity index (χ0) is 21.7. The van der Waals surface area contributed by atoms with Crippen LogP contribution < -0.4 is 16.0 Å². The number of thiophene rings is 1. The number of nitrogens with zero attached hydrogens (tertiary/aromatic N) is 2. The molecule has 10 heteroatoms. The molecule has 29 heavy (non-hydrogen) atoms. The largest absolute Gasteiger partial charge is 0.480 e. The monoisotopic (exact) mass is 440 g/mol. The lowest BCUT2D eigenvalue weighted by Gasteiger charge is -2.51. The van der Waals surface area contributed by atoms with Crippen molar-refractivity contribution in [3.05, 3.63) is 17.0 Å². The molecule has 2 amide bonds. The van der Waals surface area contributed by atoms with Gasteiger partial charge in [-0.1, -0.05) is 0 Å². The summed E-state index contributed by atoms with van der Waals surface area (Å²) in [7, 11) is 0. The Hall–Kier alpha value is -1.78. The van der Waals surface area contributed by atoms with Crippen LogP contribution in [0.25, 0.3) is 0 Å². The minimum Gasteiger partial charge on any atom is -0.480 e. The van der Waals surface area contributed by atoms with Crippen molar-refractivity contribution in [2.24, 2.45) is 5.73 Å². The van der Waals surface area contributed by atoms with Crippen LogP contribution in [0.1, 0.15) is 45.5 Å². The Kier molecular flexibility index (Phi) is 5.65. The number of β-lactam (4-membered cyclic amide) rings is 1. The maximum atomic E-state index is 12.8. The Morgan fingerprint density at radius 2 is 1.93 bits per heavy atom. The smallest absolute Gasteiger partial charge is 0.327 e. The van der Waals surface area contributed by atoms with E-state index in [-0.39, 0.29) is 5.91 Å². The molecular formula is C19H28N4O4S2. The van der Waals surface area contributed by atoms with Gasteiger partial charge in [-0.25, -0.2) is 4.79 Å². The normalized spacial score (nSPS) is 28.5. The van der Waals surface area contributed by atoms with Gasteiger partial charge in [0, 0.05) is 22.7 Å². The lowest BCUT2D eigenvalue weighted by Crippen LogP contribution is -2.78. The molecule has 2 saturated heterocycles. The Morgan fingerprint density at radius 1 is 1.31 bits per heavy atom. The molecule has 0 spiro atoms. The minimum absolute atomic E-state index is 0.386. The number of carboxylic acids is 1. The molecule has 0 radical (unpaired) electrons. The van der Waals surface area contributed by atoms with E-state index in [1.54, 1.807) is 20.8 Å². The van der Waals surface area contributed by atoms with E-state index in [9.17, 15) is 19.5 Å². The summed E-state index contributed by atoms with van der Waals surface area (Å²) < 4.78 is -0.650. The molecule has 4 atom stereocenters. The van der Waals surface area contributed by atoms with Crippen molar-refractivity contribution in [2.45, 2.75) is 62.4 Å². The molecule has 3 rings (SSSR count). The van der Waals surface area contributed by atoms with E-state index < -0.39 is 39.6 Å². The van der Waals surface area contributed by atoms with E-state index in [1.165, 1.54) is 28.0 Å². The maximum absolute atomic E-state index is 12.8. The van der Waals surface area contributed by atoms with E-state index in [0.29, 0.717) is 0 Å². The molecular weight excluding hydrogens is 412 g/mol. The van der Waals surface area contributed by atoms with Crippen LogP contribution in [0.15, 0.2) is 12.1 Å². The summed E-state index contributed by atoms with van der Waals surface area (Å²) in [6.45, 7) is 11.1. The molecule has 3 heterocycles. The molecule has 2 fully saturated rings. The molecule has 1 aromatic heterocycles. The summed E-state index contributed by atoms with van der Waals surface area (Å²) in [6.07, 6.45) is 0. The number of fused-ring (bicyclic) bond motifs is 1. The molecule has 1 aromatic rings. The number of nitrogens with two attached hydrogens (primary N) is 1. The van der Waals surface area contributed by atoms with Crippen molar-refractivity contribution >= 4 is 45.9 Å². The number of hydrogen-bond donors (Lipinski definition) is 3. The zero-order valence-electron chi connectivity index (χ0n) is 17.3. The van der Waals surface area contributed by atoms with Gasteiger partial charge in [-0.15, -0.1) is 23.1 Å². The van der Waals surface area contributed by atoms with Gasteiger partial charge >= 0.3 is 5.97 Å². The number of carbonyl (C=O) groups is 3. The number of hydrogen-bond acceptors (Lipinski definition) is 7. The highest BCUT2D eigenvalue weighted by Gasteiger charge is 2.70. The first-order chi connectivity index (χ1) is 13.5. The van der Waals surface area contributed by atoms with E-state index in [4.69, 9.17) is 5.73 Å². The third kappa shape index (κ3) is 3.40. The third-order valence-electron chi connectivity index (χ3n) is 5.67. The van der Waals surface area contributed by atoms with Gasteiger partial charge in [0.25, 0.3) is 5.91 Å². The number of nitrogens with one attached hydrogen (secondary N) is 1. The summed E-state index contributed by atoms with van der Waals surface area (Å²) in [5.41, 5.74) is 5.02. The van der Waals surface area contributed by atoms with Gasteiger partial charge in [0.1, 0.15) is 23.0 Å². The SMILES string of the molecule is CCN(CC)c1ccc(C(N)C(=O)NC2(C)C(=O)N3[C@@H](C(=O)O)C(C)(C)S[C@@H]32)s1. The van der Waals surface area contributed by atoms with Gasteiger partial charge in [-0.05, 0) is 46.8 Å². The average molecular weight is 441 g/mol. The lowest BCUT2D eigenvalue weighted by molar-refractivity contribution is -0.168. The highest BCUT2D eigenvalue weighted by atomic mass is 32.2. The first-order valence-corrected chi connectivity index (χ1v) is 11.3. The quantitative estimate of drug-likeness (QED) is 0.552. The lowest BCUT2D eigenvalue weighted by atomic mass is 9.86. The highest BCUT2D eigenvalue weighted by molar-refractivity contribution is 8.01. The van der Waals surface area contributed by atoms with Crippen LogP contribution in [-0.2, 0) is 14.4 Å². The van der Waals surface area contributed by atoms with Crippen LogP contribution in [0, 0.1) is 0 Å². The van der Waals surface area contributed by atoms with Gasteiger partial charge in [0.15, 0.2) is 0 Å². The van der Waals surface area contributed by atoms with Crippen molar-refractivity contribution in [3.63, 3.8) is 0 Å². The Balaban J connectivity index is 1.74. The molecule has 0 aliphatic carbocycles. The highest BCUT2D eigenvalue weighted by Crippen LogP contribution is 2.54. The molecule has 2 unspecified atom stereocenters. The Bertz CT molecular complexity index is 838. The van der Waals surface area contributed by atoms with Crippen molar-refractivity contribution in [3.8, 4) is 0 Å². The number of amides is 2. The number of carbonyl (C=O) groups excluding carboxylic acids is 2. The van der Waals surface area contributed by atoms with E-state index in [1.807, 2.05) is 12.1 Å². The maximum Gasteiger partial charge on any atom is 0.327 e. The second-order valence-electron chi connectivity index (χ2n) is 8.04. The van der Waals surface area contributed by atoms with Crippen LogP contribution >= 0.6 is 23.1 Å². The average Bonchev–Trinajstić information content (AvgIpc) is 3.23.